The van der Waals surface area contributed by atoms with Crippen LogP contribution in [0.25, 0.3) is 10.1 Å². The Balaban J connectivity index is 2.10. The van der Waals surface area contributed by atoms with E-state index in [1.165, 1.54) is 15.6 Å². The predicted octanol–water partition coefficient (Wildman–Crippen LogP) is 4.91. The van der Waals surface area contributed by atoms with E-state index in [-0.39, 0.29) is 6.04 Å². The highest BCUT2D eigenvalue weighted by Crippen LogP contribution is 2.33. The minimum Gasteiger partial charge on any atom is -0.320 e. The highest BCUT2D eigenvalue weighted by Gasteiger charge is 2.14. The highest BCUT2D eigenvalue weighted by atomic mass is 35.5. The van der Waals surface area contributed by atoms with Crippen molar-refractivity contribution < 1.29 is 0 Å². The number of rotatable bonds is 2. The van der Waals surface area contributed by atoms with E-state index in [4.69, 9.17) is 17.3 Å². The maximum atomic E-state index is 6.41. The number of nitrogens with two attached hydrogens (primary N) is 1. The lowest BCUT2D eigenvalue weighted by molar-refractivity contribution is 0.883. The van der Waals surface area contributed by atoms with Crippen molar-refractivity contribution in [2.45, 2.75) is 13.0 Å². The number of hydrogen-bond acceptors (Lipinski definition) is 2. The van der Waals surface area contributed by atoms with Crippen molar-refractivity contribution in [1.82, 2.24) is 0 Å². The molecule has 2 N–H and O–H groups in total. The summed E-state index contributed by atoms with van der Waals surface area (Å²) >= 11 is 7.85. The Kier molecular flexibility index (Phi) is 3.31. The van der Waals surface area contributed by atoms with E-state index in [1.807, 2.05) is 19.1 Å². The second-order valence-electron chi connectivity index (χ2n) is 4.73. The summed E-state index contributed by atoms with van der Waals surface area (Å²) < 4.78 is 1.27. The van der Waals surface area contributed by atoms with Crippen LogP contribution in [-0.4, -0.2) is 0 Å². The second kappa shape index (κ2) is 4.97. The molecule has 0 spiro atoms. The van der Waals surface area contributed by atoms with Crippen LogP contribution in [0.15, 0.2) is 47.8 Å². The SMILES string of the molecule is Cc1cc(Cl)cc(C(N)c2csc3ccccc23)c1. The molecule has 0 aliphatic rings. The lowest BCUT2D eigenvalue weighted by atomic mass is 9.98. The van der Waals surface area contributed by atoms with E-state index >= 15 is 0 Å². The molecule has 3 aromatic rings. The monoisotopic (exact) mass is 287 g/mol. The fourth-order valence-corrected chi connectivity index (χ4v) is 3.66. The van der Waals surface area contributed by atoms with Crippen molar-refractivity contribution in [3.05, 3.63) is 69.6 Å². The summed E-state index contributed by atoms with van der Waals surface area (Å²) in [7, 11) is 0. The van der Waals surface area contributed by atoms with Gasteiger partial charge < -0.3 is 5.73 Å². The number of benzene rings is 2. The number of thiophene rings is 1. The number of fused-ring (bicyclic) bond motifs is 1. The van der Waals surface area contributed by atoms with Gasteiger partial charge in [-0.25, -0.2) is 0 Å². The molecule has 0 amide bonds. The fourth-order valence-electron chi connectivity index (χ4n) is 2.36. The van der Waals surface area contributed by atoms with Crippen molar-refractivity contribution in [3.63, 3.8) is 0 Å². The highest BCUT2D eigenvalue weighted by molar-refractivity contribution is 7.17. The Morgan fingerprint density at radius 2 is 1.95 bits per heavy atom. The van der Waals surface area contributed by atoms with Gasteiger partial charge in [-0.05, 0) is 52.6 Å². The van der Waals surface area contributed by atoms with Gasteiger partial charge in [0.05, 0.1) is 6.04 Å². The van der Waals surface area contributed by atoms with Gasteiger partial charge in [0.15, 0.2) is 0 Å². The third-order valence-electron chi connectivity index (χ3n) is 3.27. The van der Waals surface area contributed by atoms with E-state index in [2.05, 4.69) is 35.7 Å². The van der Waals surface area contributed by atoms with E-state index in [0.29, 0.717) is 0 Å². The smallest absolute Gasteiger partial charge is 0.0566 e. The largest absolute Gasteiger partial charge is 0.320 e. The Morgan fingerprint density at radius 1 is 1.16 bits per heavy atom. The molecular formula is C16H14ClNS. The Morgan fingerprint density at radius 3 is 2.74 bits per heavy atom. The van der Waals surface area contributed by atoms with E-state index in [0.717, 1.165) is 16.1 Å². The van der Waals surface area contributed by atoms with Gasteiger partial charge in [-0.1, -0.05) is 35.9 Å². The van der Waals surface area contributed by atoms with Crippen LogP contribution in [0.4, 0.5) is 0 Å². The molecule has 1 aromatic heterocycles. The molecule has 0 bridgehead atoms. The second-order valence-corrected chi connectivity index (χ2v) is 6.07. The lowest BCUT2D eigenvalue weighted by Gasteiger charge is -2.13. The molecule has 3 heteroatoms. The third kappa shape index (κ3) is 2.39. The number of aryl methyl sites for hydroxylation is 1. The van der Waals surface area contributed by atoms with Crippen molar-refractivity contribution in [2.24, 2.45) is 5.73 Å². The van der Waals surface area contributed by atoms with Gasteiger partial charge in [0.2, 0.25) is 0 Å². The van der Waals surface area contributed by atoms with Gasteiger partial charge >= 0.3 is 0 Å². The molecule has 1 unspecified atom stereocenters. The Labute approximate surface area is 121 Å². The van der Waals surface area contributed by atoms with Crippen molar-refractivity contribution in [1.29, 1.82) is 0 Å². The number of hydrogen-bond donors (Lipinski definition) is 1. The van der Waals surface area contributed by atoms with Crippen LogP contribution in [0, 0.1) is 6.92 Å². The number of halogens is 1. The first-order valence-electron chi connectivity index (χ1n) is 6.14. The van der Waals surface area contributed by atoms with Gasteiger partial charge in [-0.15, -0.1) is 11.3 Å². The first-order chi connectivity index (χ1) is 9.15. The molecule has 0 radical (unpaired) electrons. The maximum absolute atomic E-state index is 6.41. The molecule has 0 saturated carbocycles. The van der Waals surface area contributed by atoms with Gasteiger partial charge in [-0.2, -0.15) is 0 Å². The first-order valence-corrected chi connectivity index (χ1v) is 7.40. The van der Waals surface area contributed by atoms with Crippen molar-refractivity contribution in [2.75, 3.05) is 0 Å². The summed E-state index contributed by atoms with van der Waals surface area (Å²) in [6.07, 6.45) is 0. The third-order valence-corrected chi connectivity index (χ3v) is 4.47. The van der Waals surface area contributed by atoms with E-state index in [9.17, 15) is 0 Å². The van der Waals surface area contributed by atoms with Crippen molar-refractivity contribution in [3.8, 4) is 0 Å². The summed E-state index contributed by atoms with van der Waals surface area (Å²) in [6.45, 7) is 2.04. The molecule has 19 heavy (non-hydrogen) atoms. The molecule has 0 fully saturated rings. The molecule has 0 aliphatic carbocycles. The summed E-state index contributed by atoms with van der Waals surface area (Å²) in [5.41, 5.74) is 9.78. The van der Waals surface area contributed by atoms with Gasteiger partial charge in [0.25, 0.3) is 0 Å². The minimum absolute atomic E-state index is 0.131. The molecule has 1 nitrogen and oxygen atoms in total. The normalized spacial score (nSPS) is 12.8. The zero-order valence-electron chi connectivity index (χ0n) is 10.6. The zero-order chi connectivity index (χ0) is 13.4. The summed E-state index contributed by atoms with van der Waals surface area (Å²) in [5.74, 6) is 0. The molecule has 1 atom stereocenters. The van der Waals surface area contributed by atoms with E-state index < -0.39 is 0 Å². The Bertz CT molecular complexity index is 712. The maximum Gasteiger partial charge on any atom is 0.0566 e. The minimum atomic E-state index is -0.131. The van der Waals surface area contributed by atoms with Crippen LogP contribution in [0.2, 0.25) is 5.02 Å². The van der Waals surface area contributed by atoms with Crippen LogP contribution in [0.5, 0.6) is 0 Å². The summed E-state index contributed by atoms with van der Waals surface area (Å²) in [5, 5.41) is 4.12. The lowest BCUT2D eigenvalue weighted by Crippen LogP contribution is -2.11. The molecule has 3 rings (SSSR count). The molecule has 96 valence electrons. The van der Waals surface area contributed by atoms with Gasteiger partial charge in [0, 0.05) is 9.72 Å². The van der Waals surface area contributed by atoms with Crippen LogP contribution in [0.1, 0.15) is 22.7 Å². The molecular weight excluding hydrogens is 274 g/mol. The van der Waals surface area contributed by atoms with Crippen LogP contribution >= 0.6 is 22.9 Å². The van der Waals surface area contributed by atoms with Crippen LogP contribution < -0.4 is 5.73 Å². The molecule has 2 aromatic carbocycles. The van der Waals surface area contributed by atoms with Crippen LogP contribution in [0.3, 0.4) is 0 Å². The van der Waals surface area contributed by atoms with Crippen LogP contribution in [-0.2, 0) is 0 Å². The van der Waals surface area contributed by atoms with Gasteiger partial charge in [0.1, 0.15) is 0 Å². The quantitative estimate of drug-likeness (QED) is 0.712. The summed E-state index contributed by atoms with van der Waals surface area (Å²) in [6, 6.07) is 14.2. The predicted molar refractivity (Wildman–Crippen MR) is 84.0 cm³/mol. The van der Waals surface area contributed by atoms with Gasteiger partial charge in [-0.3, -0.25) is 0 Å². The average Bonchev–Trinajstić information content (AvgIpc) is 2.80. The molecule has 0 saturated heterocycles. The molecule has 1 heterocycles. The zero-order valence-corrected chi connectivity index (χ0v) is 12.1. The Hall–Kier alpha value is -1.35. The molecule has 0 aliphatic heterocycles. The average molecular weight is 288 g/mol. The topological polar surface area (TPSA) is 26.0 Å². The fraction of sp³-hybridized carbons (Fsp3) is 0.125. The first kappa shape index (κ1) is 12.7. The van der Waals surface area contributed by atoms with Crippen molar-refractivity contribution >= 4 is 33.0 Å². The summed E-state index contributed by atoms with van der Waals surface area (Å²) in [4.78, 5) is 0. The van der Waals surface area contributed by atoms with E-state index in [1.54, 1.807) is 11.3 Å². The standard InChI is InChI=1S/C16H14ClNS/c1-10-6-11(8-12(17)7-10)16(18)14-9-19-15-5-3-2-4-13(14)15/h2-9,16H,18H2,1H3.